The Morgan fingerprint density at radius 2 is 1.90 bits per heavy atom. The highest BCUT2D eigenvalue weighted by Crippen LogP contribution is 2.25. The van der Waals surface area contributed by atoms with Crippen LogP contribution in [0.15, 0.2) is 34.7 Å². The lowest BCUT2D eigenvalue weighted by Crippen LogP contribution is -2.30. The number of nitrogens with zero attached hydrogens (tertiary/aromatic N) is 2. The van der Waals surface area contributed by atoms with Gasteiger partial charge >= 0.3 is 6.18 Å². The van der Waals surface area contributed by atoms with Crippen LogP contribution in [0.3, 0.4) is 0 Å². The van der Waals surface area contributed by atoms with Gasteiger partial charge in [0.15, 0.2) is 6.61 Å². The Kier molecular flexibility index (Phi) is 7.60. The van der Waals surface area contributed by atoms with Crippen LogP contribution in [0.5, 0.6) is 5.88 Å². The van der Waals surface area contributed by atoms with Crippen molar-refractivity contribution in [3.63, 3.8) is 0 Å². The first-order valence-corrected chi connectivity index (χ1v) is 10.8. The molecule has 1 N–H and O–H groups in total. The van der Waals surface area contributed by atoms with Crippen molar-refractivity contribution >= 4 is 27.3 Å². The summed E-state index contributed by atoms with van der Waals surface area (Å²) in [6, 6.07) is 5.57. The predicted molar refractivity (Wildman–Crippen MR) is 101 cm³/mol. The largest absolute Gasteiger partial charge is 0.468 e. The van der Waals surface area contributed by atoms with Crippen molar-refractivity contribution < 1.29 is 31.1 Å². The van der Waals surface area contributed by atoms with Gasteiger partial charge in [-0.15, -0.1) is 11.3 Å². The fourth-order valence-electron chi connectivity index (χ4n) is 2.31. The van der Waals surface area contributed by atoms with Crippen LogP contribution in [0.25, 0.3) is 0 Å². The topological polar surface area (TPSA) is 88.6 Å². The Morgan fingerprint density at radius 3 is 2.45 bits per heavy atom. The van der Waals surface area contributed by atoms with Gasteiger partial charge in [-0.1, -0.05) is 13.8 Å². The van der Waals surface area contributed by atoms with Gasteiger partial charge in [0.05, 0.1) is 12.1 Å². The molecule has 0 saturated carbocycles. The first-order chi connectivity index (χ1) is 13.6. The van der Waals surface area contributed by atoms with E-state index in [0.29, 0.717) is 18.0 Å². The van der Waals surface area contributed by atoms with E-state index in [9.17, 15) is 26.4 Å². The highest BCUT2D eigenvalue weighted by atomic mass is 32.2. The second kappa shape index (κ2) is 9.55. The van der Waals surface area contributed by atoms with Gasteiger partial charge in [-0.3, -0.25) is 4.79 Å². The number of pyridine rings is 1. The molecule has 1 amide bonds. The van der Waals surface area contributed by atoms with Gasteiger partial charge in [0.2, 0.25) is 5.88 Å². The smallest absolute Gasteiger partial charge is 0.422 e. The average Bonchev–Trinajstić information content (AvgIpc) is 3.15. The second-order valence-corrected chi connectivity index (χ2v) is 9.11. The van der Waals surface area contributed by atoms with Crippen LogP contribution in [0.1, 0.15) is 29.1 Å². The van der Waals surface area contributed by atoms with E-state index in [-0.39, 0.29) is 22.2 Å². The van der Waals surface area contributed by atoms with E-state index in [1.165, 1.54) is 22.5 Å². The van der Waals surface area contributed by atoms with Gasteiger partial charge in [-0.05, 0) is 18.2 Å². The minimum absolute atomic E-state index is 0.101. The molecule has 12 heteroatoms. The number of hydrogen-bond donors (Lipinski definition) is 1. The van der Waals surface area contributed by atoms with Crippen molar-refractivity contribution in [2.75, 3.05) is 19.7 Å². The number of ether oxygens (including phenoxy) is 1. The number of sulfonamides is 1. The van der Waals surface area contributed by atoms with Crippen molar-refractivity contribution in [3.8, 4) is 5.88 Å². The molecule has 7 nitrogen and oxygen atoms in total. The number of carbonyl (C=O) groups excluding carboxylic acids is 1. The molecule has 0 radical (unpaired) electrons. The first-order valence-electron chi connectivity index (χ1n) is 8.59. The maximum Gasteiger partial charge on any atom is 0.422 e. The molecule has 0 aromatic carbocycles. The number of carbonyl (C=O) groups is 1. The van der Waals surface area contributed by atoms with E-state index in [4.69, 9.17) is 0 Å². The van der Waals surface area contributed by atoms with Crippen molar-refractivity contribution in [1.82, 2.24) is 14.6 Å². The van der Waals surface area contributed by atoms with Gasteiger partial charge < -0.3 is 10.1 Å². The molecule has 0 aliphatic carbocycles. The molecule has 2 aromatic heterocycles. The van der Waals surface area contributed by atoms with Gasteiger partial charge in [-0.2, -0.15) is 17.5 Å². The number of rotatable bonds is 9. The van der Waals surface area contributed by atoms with E-state index < -0.39 is 28.7 Å². The summed E-state index contributed by atoms with van der Waals surface area (Å²) < 4.78 is 67.3. The Hall–Kier alpha value is -2.18. The van der Waals surface area contributed by atoms with Crippen LogP contribution >= 0.6 is 11.3 Å². The molecule has 29 heavy (non-hydrogen) atoms. The van der Waals surface area contributed by atoms with Crippen LogP contribution in [-0.2, 0) is 16.6 Å². The summed E-state index contributed by atoms with van der Waals surface area (Å²) in [5.74, 6) is -0.746. The zero-order chi connectivity index (χ0) is 21.7. The van der Waals surface area contributed by atoms with Gasteiger partial charge in [0.1, 0.15) is 4.21 Å². The lowest BCUT2D eigenvalue weighted by Gasteiger charge is -2.16. The van der Waals surface area contributed by atoms with Crippen LogP contribution in [0.2, 0.25) is 0 Å². The zero-order valence-electron chi connectivity index (χ0n) is 15.7. The van der Waals surface area contributed by atoms with Crippen LogP contribution < -0.4 is 10.1 Å². The lowest BCUT2D eigenvalue weighted by atomic mass is 10.2. The molecule has 0 fully saturated rings. The third kappa shape index (κ3) is 6.41. The quantitative estimate of drug-likeness (QED) is 0.633. The van der Waals surface area contributed by atoms with Crippen molar-refractivity contribution in [2.45, 2.75) is 30.8 Å². The number of amides is 1. The molecule has 2 rings (SSSR count). The van der Waals surface area contributed by atoms with Crippen molar-refractivity contribution in [1.29, 1.82) is 0 Å². The molecule has 2 heterocycles. The maximum absolute atomic E-state index is 12.5. The molecule has 160 valence electrons. The molecular weight excluding hydrogens is 431 g/mol. The lowest BCUT2D eigenvalue weighted by molar-refractivity contribution is -0.154. The van der Waals surface area contributed by atoms with E-state index in [0.717, 1.165) is 17.5 Å². The third-order valence-electron chi connectivity index (χ3n) is 3.74. The number of nitrogens with one attached hydrogen (secondary N) is 1. The highest BCUT2D eigenvalue weighted by molar-refractivity contribution is 7.91. The Morgan fingerprint density at radius 1 is 1.21 bits per heavy atom. The van der Waals surface area contributed by atoms with Gasteiger partial charge in [0.25, 0.3) is 15.9 Å². The SMILES string of the molecule is CCN(CC)S(=O)(=O)c1ccc(CNC(=O)c2ccc(OCC(F)(F)F)nc2)s1. The maximum atomic E-state index is 12.5. The number of alkyl halides is 3. The Balaban J connectivity index is 1.95. The highest BCUT2D eigenvalue weighted by Gasteiger charge is 2.28. The van der Waals surface area contributed by atoms with E-state index in [1.54, 1.807) is 19.9 Å². The summed E-state index contributed by atoms with van der Waals surface area (Å²) in [5, 5.41) is 2.62. The van der Waals surface area contributed by atoms with Crippen LogP contribution in [0.4, 0.5) is 13.2 Å². The zero-order valence-corrected chi connectivity index (χ0v) is 17.3. The summed E-state index contributed by atoms with van der Waals surface area (Å²) in [6.07, 6.45) is -3.37. The monoisotopic (exact) mass is 451 g/mol. The molecule has 2 aromatic rings. The summed E-state index contributed by atoms with van der Waals surface area (Å²) in [6.45, 7) is 2.86. The minimum atomic E-state index is -4.48. The normalized spacial score (nSPS) is 12.2. The van der Waals surface area contributed by atoms with E-state index >= 15 is 0 Å². The molecule has 0 spiro atoms. The molecule has 0 saturated heterocycles. The average molecular weight is 451 g/mol. The molecule has 0 aliphatic heterocycles. The number of hydrogen-bond acceptors (Lipinski definition) is 6. The van der Waals surface area contributed by atoms with Crippen LogP contribution in [0, 0.1) is 0 Å². The summed E-state index contributed by atoms with van der Waals surface area (Å²) in [5.41, 5.74) is 0.136. The molecule has 0 aliphatic rings. The second-order valence-electron chi connectivity index (χ2n) is 5.78. The van der Waals surface area contributed by atoms with Crippen molar-refractivity contribution in [2.24, 2.45) is 0 Å². The summed E-state index contributed by atoms with van der Waals surface area (Å²) in [4.78, 5) is 16.5. The summed E-state index contributed by atoms with van der Waals surface area (Å²) in [7, 11) is -3.56. The summed E-state index contributed by atoms with van der Waals surface area (Å²) >= 11 is 1.06. The Bertz CT molecular complexity index is 924. The molecule has 0 atom stereocenters. The van der Waals surface area contributed by atoms with Crippen molar-refractivity contribution in [3.05, 3.63) is 40.9 Å². The van der Waals surface area contributed by atoms with E-state index in [2.05, 4.69) is 15.0 Å². The van der Waals surface area contributed by atoms with Gasteiger partial charge in [-0.25, -0.2) is 13.4 Å². The first kappa shape index (κ1) is 23.1. The Labute approximate surface area is 170 Å². The number of halogens is 3. The molecular formula is C17H20F3N3O4S2. The van der Waals surface area contributed by atoms with Crippen LogP contribution in [-0.4, -0.2) is 49.5 Å². The predicted octanol–water partition coefficient (Wildman–Crippen LogP) is 3.04. The fourth-order valence-corrected chi connectivity index (χ4v) is 5.22. The standard InChI is InChI=1S/C17H20F3N3O4S2/c1-3-23(4-2)29(25,26)15-8-6-13(28-15)10-22-16(24)12-5-7-14(21-9-12)27-11-17(18,19)20/h5-9H,3-4,10-11H2,1-2H3,(H,22,24). The van der Waals surface area contributed by atoms with E-state index in [1.807, 2.05) is 0 Å². The minimum Gasteiger partial charge on any atom is -0.468 e. The molecule has 0 unspecified atom stereocenters. The fraction of sp³-hybridized carbons (Fsp3) is 0.412. The number of aromatic nitrogens is 1. The number of thiophene rings is 1. The molecule has 0 bridgehead atoms. The van der Waals surface area contributed by atoms with Gasteiger partial charge in [0, 0.05) is 30.2 Å². The third-order valence-corrected chi connectivity index (χ3v) is 7.34.